The maximum Gasteiger partial charge on any atom is 0.355 e. The van der Waals surface area contributed by atoms with Crippen molar-refractivity contribution in [2.45, 2.75) is 33.1 Å². The zero-order valence-electron chi connectivity index (χ0n) is 10.0. The summed E-state index contributed by atoms with van der Waals surface area (Å²) in [6.45, 7) is 5.78. The number of hydrogen-bond acceptors (Lipinski definition) is 4. The molecule has 2 aromatic heterocycles. The van der Waals surface area contributed by atoms with E-state index in [1.807, 2.05) is 20.8 Å². The molecular formula is C11H14N4O2. The van der Waals surface area contributed by atoms with Gasteiger partial charge in [0.2, 0.25) is 0 Å². The van der Waals surface area contributed by atoms with E-state index in [2.05, 4.69) is 15.3 Å². The molecule has 0 saturated carbocycles. The largest absolute Gasteiger partial charge is 0.476 e. The van der Waals surface area contributed by atoms with Crippen molar-refractivity contribution < 1.29 is 9.90 Å². The number of aryl methyl sites for hydroxylation is 1. The van der Waals surface area contributed by atoms with Crippen LogP contribution in [0.25, 0.3) is 5.65 Å². The van der Waals surface area contributed by atoms with Crippen molar-refractivity contribution in [2.24, 2.45) is 0 Å². The van der Waals surface area contributed by atoms with Gasteiger partial charge in [-0.3, -0.25) is 0 Å². The minimum absolute atomic E-state index is 0.0762. The second-order valence-electron chi connectivity index (χ2n) is 4.15. The summed E-state index contributed by atoms with van der Waals surface area (Å²) in [5.41, 5.74) is 2.05. The molecule has 2 rings (SSSR count). The molecule has 1 N–H and O–H groups in total. The normalized spacial score (nSPS) is 11.3. The smallest absolute Gasteiger partial charge is 0.355 e. The van der Waals surface area contributed by atoms with Crippen LogP contribution in [0.15, 0.2) is 6.20 Å². The first kappa shape index (κ1) is 11.5. The second kappa shape index (κ2) is 4.12. The van der Waals surface area contributed by atoms with Crippen molar-refractivity contribution in [3.05, 3.63) is 23.1 Å². The van der Waals surface area contributed by atoms with Crippen LogP contribution in [-0.4, -0.2) is 30.9 Å². The van der Waals surface area contributed by atoms with Crippen LogP contribution in [-0.2, 0) is 6.42 Å². The molecule has 0 atom stereocenters. The van der Waals surface area contributed by atoms with Gasteiger partial charge in [0.25, 0.3) is 0 Å². The van der Waals surface area contributed by atoms with Gasteiger partial charge in [-0.05, 0) is 12.3 Å². The number of carboxylic acid groups (broad SMARTS) is 1. The second-order valence-corrected chi connectivity index (χ2v) is 4.15. The first-order chi connectivity index (χ1) is 8.06. The molecule has 6 nitrogen and oxygen atoms in total. The lowest BCUT2D eigenvalue weighted by molar-refractivity contribution is 0.0685. The highest BCUT2D eigenvalue weighted by atomic mass is 16.4. The Morgan fingerprint density at radius 3 is 2.76 bits per heavy atom. The highest BCUT2D eigenvalue weighted by Gasteiger charge is 2.20. The summed E-state index contributed by atoms with van der Waals surface area (Å²) in [4.78, 5) is 15.6. The molecule has 0 bridgehead atoms. The summed E-state index contributed by atoms with van der Waals surface area (Å²) in [5, 5.41) is 17.1. The molecule has 0 aliphatic heterocycles. The maximum absolute atomic E-state index is 11.3. The van der Waals surface area contributed by atoms with Gasteiger partial charge in [-0.1, -0.05) is 26.0 Å². The van der Waals surface area contributed by atoms with E-state index in [-0.39, 0.29) is 11.6 Å². The lowest BCUT2D eigenvalue weighted by Crippen LogP contribution is -2.13. The van der Waals surface area contributed by atoms with Crippen molar-refractivity contribution >= 4 is 11.6 Å². The molecule has 0 aliphatic carbocycles. The van der Waals surface area contributed by atoms with Crippen molar-refractivity contribution in [1.29, 1.82) is 0 Å². The third-order valence-corrected chi connectivity index (χ3v) is 2.68. The zero-order valence-corrected chi connectivity index (χ0v) is 10.0. The van der Waals surface area contributed by atoms with E-state index in [1.54, 1.807) is 6.20 Å². The summed E-state index contributed by atoms with van der Waals surface area (Å²) in [7, 11) is 0. The molecular weight excluding hydrogens is 220 g/mol. The van der Waals surface area contributed by atoms with Crippen molar-refractivity contribution in [2.75, 3.05) is 0 Å². The Balaban J connectivity index is 2.80. The summed E-state index contributed by atoms with van der Waals surface area (Å²) >= 11 is 0. The highest BCUT2D eigenvalue weighted by Crippen LogP contribution is 2.20. The maximum atomic E-state index is 11.3. The first-order valence-electron chi connectivity index (χ1n) is 5.52. The Bertz CT molecular complexity index is 574. The number of carbonyl (C=O) groups is 1. The Hall–Kier alpha value is -1.98. The fraction of sp³-hybridized carbons (Fsp3) is 0.455. The lowest BCUT2D eigenvalue weighted by Gasteiger charge is -2.09. The highest BCUT2D eigenvalue weighted by molar-refractivity contribution is 5.88. The zero-order chi connectivity index (χ0) is 12.6. The Morgan fingerprint density at radius 2 is 2.24 bits per heavy atom. The van der Waals surface area contributed by atoms with E-state index in [4.69, 9.17) is 0 Å². The molecule has 0 unspecified atom stereocenters. The van der Waals surface area contributed by atoms with E-state index >= 15 is 0 Å². The van der Waals surface area contributed by atoms with E-state index in [9.17, 15) is 9.90 Å². The van der Waals surface area contributed by atoms with E-state index in [1.165, 1.54) is 4.52 Å². The van der Waals surface area contributed by atoms with Crippen molar-refractivity contribution in [3.63, 3.8) is 0 Å². The predicted octanol–water partition coefficient (Wildman–Crippen LogP) is 1.51. The number of carboxylic acids is 1. The van der Waals surface area contributed by atoms with Gasteiger partial charge in [-0.25, -0.2) is 9.78 Å². The van der Waals surface area contributed by atoms with Crippen LogP contribution >= 0.6 is 0 Å². The minimum atomic E-state index is -1.01. The molecule has 0 spiro atoms. The lowest BCUT2D eigenvalue weighted by atomic mass is 10.0. The summed E-state index contributed by atoms with van der Waals surface area (Å²) in [6, 6.07) is 0. The molecule has 2 aromatic rings. The van der Waals surface area contributed by atoms with Crippen molar-refractivity contribution in [1.82, 2.24) is 19.8 Å². The molecule has 2 heterocycles. The first-order valence-corrected chi connectivity index (χ1v) is 5.52. The monoisotopic (exact) mass is 234 g/mol. The standard InChI is InChI=1S/C11H14N4O2/c1-4-8-10-12-5-7(6(2)3)9(11(16)17)15(10)14-13-8/h5-6H,4H2,1-3H3,(H,16,17). The van der Waals surface area contributed by atoms with Crippen molar-refractivity contribution in [3.8, 4) is 0 Å². The van der Waals surface area contributed by atoms with Gasteiger partial charge < -0.3 is 5.11 Å². The Morgan fingerprint density at radius 1 is 1.53 bits per heavy atom. The van der Waals surface area contributed by atoms with Crippen LogP contribution in [0.2, 0.25) is 0 Å². The van der Waals surface area contributed by atoms with Gasteiger partial charge >= 0.3 is 5.97 Å². The Labute approximate surface area is 98.3 Å². The predicted molar refractivity (Wildman–Crippen MR) is 61.2 cm³/mol. The summed E-state index contributed by atoms with van der Waals surface area (Å²) < 4.78 is 1.32. The van der Waals surface area contributed by atoms with Crippen LogP contribution in [0.3, 0.4) is 0 Å². The fourth-order valence-electron chi connectivity index (χ4n) is 1.77. The van der Waals surface area contributed by atoms with E-state index < -0.39 is 5.97 Å². The summed E-state index contributed by atoms with van der Waals surface area (Å²) in [5.74, 6) is -0.930. The number of hydrogen-bond donors (Lipinski definition) is 1. The number of nitrogens with zero attached hydrogens (tertiary/aromatic N) is 4. The van der Waals surface area contributed by atoms with Gasteiger partial charge in [0.1, 0.15) is 5.69 Å². The number of fused-ring (bicyclic) bond motifs is 1. The average molecular weight is 234 g/mol. The molecule has 6 heteroatoms. The minimum Gasteiger partial charge on any atom is -0.476 e. The number of aromatic nitrogens is 4. The molecule has 90 valence electrons. The third-order valence-electron chi connectivity index (χ3n) is 2.68. The Kier molecular flexibility index (Phi) is 2.79. The molecule has 17 heavy (non-hydrogen) atoms. The van der Waals surface area contributed by atoms with E-state index in [0.29, 0.717) is 23.3 Å². The van der Waals surface area contributed by atoms with Gasteiger partial charge in [-0.2, -0.15) is 4.52 Å². The van der Waals surface area contributed by atoms with Gasteiger partial charge in [0.05, 0.1) is 0 Å². The van der Waals surface area contributed by atoms with E-state index in [0.717, 1.165) is 0 Å². The number of aromatic carboxylic acids is 1. The molecule has 0 aliphatic rings. The molecule has 0 radical (unpaired) electrons. The quantitative estimate of drug-likeness (QED) is 0.870. The SMILES string of the molecule is CCc1nnn2c(C(=O)O)c(C(C)C)cnc12. The fourth-order valence-corrected chi connectivity index (χ4v) is 1.77. The third kappa shape index (κ3) is 1.75. The van der Waals surface area contributed by atoms with Gasteiger partial charge in [-0.15, -0.1) is 5.10 Å². The van der Waals surface area contributed by atoms with Crippen LogP contribution in [0.1, 0.15) is 48.4 Å². The van der Waals surface area contributed by atoms with Crippen LogP contribution in [0.5, 0.6) is 0 Å². The molecule has 0 saturated heterocycles. The summed E-state index contributed by atoms with van der Waals surface area (Å²) in [6.07, 6.45) is 2.28. The van der Waals surface area contributed by atoms with Crippen LogP contribution < -0.4 is 0 Å². The van der Waals surface area contributed by atoms with Gasteiger partial charge in [0, 0.05) is 11.8 Å². The molecule has 0 fully saturated rings. The average Bonchev–Trinajstić information content (AvgIpc) is 2.69. The van der Waals surface area contributed by atoms with Crippen LogP contribution in [0, 0.1) is 0 Å². The topological polar surface area (TPSA) is 80.4 Å². The van der Waals surface area contributed by atoms with Crippen LogP contribution in [0.4, 0.5) is 0 Å². The molecule has 0 aromatic carbocycles. The molecule has 0 amide bonds. The number of rotatable bonds is 3. The van der Waals surface area contributed by atoms with Gasteiger partial charge in [0.15, 0.2) is 11.3 Å².